The van der Waals surface area contributed by atoms with Crippen LogP contribution < -0.4 is 10.3 Å². The van der Waals surface area contributed by atoms with Crippen molar-refractivity contribution in [2.45, 2.75) is 26.3 Å². The lowest BCUT2D eigenvalue weighted by molar-refractivity contribution is 0.460. The van der Waals surface area contributed by atoms with Crippen LogP contribution in [-0.2, 0) is 6.54 Å². The molecule has 0 aliphatic heterocycles. The molecule has 0 saturated heterocycles. The first-order valence-corrected chi connectivity index (χ1v) is 12.2. The van der Waals surface area contributed by atoms with Gasteiger partial charge in [0.1, 0.15) is 17.1 Å². The summed E-state index contributed by atoms with van der Waals surface area (Å²) in [6, 6.07) is 25.3. The van der Waals surface area contributed by atoms with Gasteiger partial charge in [0.2, 0.25) is 5.82 Å². The molecule has 0 amide bonds. The molecule has 10 heteroatoms. The quantitative estimate of drug-likeness (QED) is 0.315. The highest BCUT2D eigenvalue weighted by Crippen LogP contribution is 2.34. The van der Waals surface area contributed by atoms with E-state index in [-0.39, 0.29) is 17.4 Å². The summed E-state index contributed by atoms with van der Waals surface area (Å²) in [5, 5.41) is 21.4. The molecule has 3 aromatic heterocycles. The minimum absolute atomic E-state index is 0.0464. The fourth-order valence-corrected chi connectivity index (χ4v) is 4.61. The second-order valence-corrected chi connectivity index (χ2v) is 9.12. The van der Waals surface area contributed by atoms with E-state index in [0.717, 1.165) is 28.1 Å². The van der Waals surface area contributed by atoms with Gasteiger partial charge in [-0.25, -0.2) is 10.1 Å². The van der Waals surface area contributed by atoms with Crippen LogP contribution in [0.1, 0.15) is 31.2 Å². The van der Waals surface area contributed by atoms with Crippen LogP contribution in [0, 0.1) is 0 Å². The molecule has 10 nitrogen and oxygen atoms in total. The first kappa shape index (κ1) is 23.3. The van der Waals surface area contributed by atoms with Crippen molar-refractivity contribution in [3.8, 4) is 34.1 Å². The van der Waals surface area contributed by atoms with E-state index in [1.165, 1.54) is 0 Å². The Morgan fingerprint density at radius 3 is 2.32 bits per heavy atom. The largest absolute Gasteiger partial charge is 0.436 e. The SMILES string of the molecule is CC(C)c1nc2c(Oc3ccccc3)n[nH]c(=O)c2n1Cc1ccccc1-c1ccccc1-c1nn[nH]n1. The van der Waals surface area contributed by atoms with Crippen LogP contribution >= 0.6 is 0 Å². The van der Waals surface area contributed by atoms with Gasteiger partial charge in [-0.15, -0.1) is 15.3 Å². The summed E-state index contributed by atoms with van der Waals surface area (Å²) < 4.78 is 7.97. The standard InChI is InChI=1S/C28H24N8O2/c1-17(2)26-29-23-24(27(37)32-33-28(23)38-19-11-4-3-5-12-19)36(26)16-18-10-6-7-13-20(18)21-14-8-9-15-22(21)25-30-34-35-31-25/h3-15,17H,16H2,1-2H3,(H,32,37)(H,30,31,34,35). The van der Waals surface area contributed by atoms with E-state index in [4.69, 9.17) is 9.72 Å². The normalized spacial score (nSPS) is 11.3. The topological polar surface area (TPSA) is 127 Å². The Balaban J connectivity index is 1.50. The molecule has 0 unspecified atom stereocenters. The predicted octanol–water partition coefficient (Wildman–Crippen LogP) is 4.93. The molecule has 6 aromatic rings. The molecular formula is C28H24N8O2. The number of hydrogen-bond acceptors (Lipinski definition) is 7. The molecule has 3 aromatic carbocycles. The number of nitrogens with zero attached hydrogens (tertiary/aromatic N) is 6. The molecule has 0 radical (unpaired) electrons. The van der Waals surface area contributed by atoms with Crippen LogP contribution in [0.15, 0.2) is 83.7 Å². The van der Waals surface area contributed by atoms with E-state index in [1.54, 1.807) is 0 Å². The summed E-state index contributed by atoms with van der Waals surface area (Å²) in [4.78, 5) is 18.0. The van der Waals surface area contributed by atoms with Gasteiger partial charge in [-0.1, -0.05) is 80.6 Å². The number of imidazole rings is 1. The number of nitrogens with one attached hydrogen (secondary N) is 2. The molecule has 0 aliphatic carbocycles. The minimum atomic E-state index is -0.329. The maximum Gasteiger partial charge on any atom is 0.290 e. The summed E-state index contributed by atoms with van der Waals surface area (Å²) in [5.74, 6) is 2.18. The van der Waals surface area contributed by atoms with Gasteiger partial charge in [0.15, 0.2) is 5.52 Å². The van der Waals surface area contributed by atoms with Crippen molar-refractivity contribution in [3.63, 3.8) is 0 Å². The third kappa shape index (κ3) is 4.21. The molecule has 188 valence electrons. The maximum atomic E-state index is 13.1. The second-order valence-electron chi connectivity index (χ2n) is 9.12. The van der Waals surface area contributed by atoms with Gasteiger partial charge in [0.25, 0.3) is 11.4 Å². The molecule has 3 heterocycles. The van der Waals surface area contributed by atoms with E-state index in [1.807, 2.05) is 71.3 Å². The van der Waals surface area contributed by atoms with Crippen LogP contribution in [0.4, 0.5) is 0 Å². The number of ether oxygens (including phenoxy) is 1. The summed E-state index contributed by atoms with van der Waals surface area (Å²) in [6.45, 7) is 4.52. The fraction of sp³-hybridized carbons (Fsp3) is 0.143. The zero-order valence-electron chi connectivity index (χ0n) is 20.8. The van der Waals surface area contributed by atoms with Crippen LogP contribution in [0.2, 0.25) is 0 Å². The van der Waals surface area contributed by atoms with Crippen molar-refractivity contribution in [1.82, 2.24) is 40.4 Å². The molecule has 0 saturated carbocycles. The number of hydrogen-bond donors (Lipinski definition) is 2. The lowest BCUT2D eigenvalue weighted by Gasteiger charge is -2.16. The van der Waals surface area contributed by atoms with Gasteiger partial charge in [-0.3, -0.25) is 4.79 Å². The van der Waals surface area contributed by atoms with Crippen LogP contribution in [0.3, 0.4) is 0 Å². The Morgan fingerprint density at radius 2 is 1.58 bits per heavy atom. The molecule has 0 aliphatic rings. The summed E-state index contributed by atoms with van der Waals surface area (Å²) in [7, 11) is 0. The zero-order chi connectivity index (χ0) is 26.1. The van der Waals surface area contributed by atoms with Gasteiger partial charge in [-0.05, 0) is 34.0 Å². The van der Waals surface area contributed by atoms with E-state index in [0.29, 0.717) is 29.2 Å². The zero-order valence-corrected chi connectivity index (χ0v) is 20.8. The van der Waals surface area contributed by atoms with Crippen molar-refractivity contribution in [1.29, 1.82) is 0 Å². The van der Waals surface area contributed by atoms with Gasteiger partial charge in [0, 0.05) is 11.5 Å². The van der Waals surface area contributed by atoms with E-state index < -0.39 is 0 Å². The van der Waals surface area contributed by atoms with E-state index >= 15 is 0 Å². The average molecular weight is 505 g/mol. The Bertz CT molecular complexity index is 1770. The van der Waals surface area contributed by atoms with Crippen LogP contribution in [-0.4, -0.2) is 40.4 Å². The number of benzene rings is 3. The van der Waals surface area contributed by atoms with Crippen molar-refractivity contribution < 1.29 is 4.74 Å². The average Bonchev–Trinajstić information content (AvgIpc) is 3.61. The smallest absolute Gasteiger partial charge is 0.290 e. The van der Waals surface area contributed by atoms with E-state index in [2.05, 4.69) is 56.8 Å². The number of aromatic nitrogens is 8. The number of aromatic amines is 2. The van der Waals surface area contributed by atoms with Gasteiger partial charge >= 0.3 is 0 Å². The van der Waals surface area contributed by atoms with Crippen molar-refractivity contribution in [3.05, 3.63) is 101 Å². The molecular weight excluding hydrogens is 480 g/mol. The number of tetrazole rings is 1. The number of rotatable bonds is 7. The molecule has 2 N–H and O–H groups in total. The second kappa shape index (κ2) is 9.74. The van der Waals surface area contributed by atoms with Crippen molar-refractivity contribution in [2.24, 2.45) is 0 Å². The van der Waals surface area contributed by atoms with Gasteiger partial charge in [0.05, 0.1) is 6.54 Å². The number of para-hydroxylation sites is 1. The Morgan fingerprint density at radius 1 is 0.868 bits per heavy atom. The third-order valence-corrected chi connectivity index (χ3v) is 6.30. The monoisotopic (exact) mass is 504 g/mol. The first-order valence-electron chi connectivity index (χ1n) is 12.2. The Kier molecular flexibility index (Phi) is 5.97. The highest BCUT2D eigenvalue weighted by Gasteiger charge is 2.22. The summed E-state index contributed by atoms with van der Waals surface area (Å²) in [5.41, 5.74) is 4.33. The summed E-state index contributed by atoms with van der Waals surface area (Å²) >= 11 is 0. The molecule has 0 bridgehead atoms. The first-order chi connectivity index (χ1) is 18.6. The van der Waals surface area contributed by atoms with Gasteiger partial charge in [-0.2, -0.15) is 5.21 Å². The van der Waals surface area contributed by atoms with Crippen molar-refractivity contribution in [2.75, 3.05) is 0 Å². The lowest BCUT2D eigenvalue weighted by atomic mass is 9.95. The lowest BCUT2D eigenvalue weighted by Crippen LogP contribution is -2.16. The number of fused-ring (bicyclic) bond motifs is 1. The van der Waals surface area contributed by atoms with Gasteiger partial charge < -0.3 is 9.30 Å². The van der Waals surface area contributed by atoms with Crippen LogP contribution in [0.25, 0.3) is 33.5 Å². The minimum Gasteiger partial charge on any atom is -0.436 e. The predicted molar refractivity (Wildman–Crippen MR) is 143 cm³/mol. The molecule has 0 fully saturated rings. The Hall–Kier alpha value is -5.12. The van der Waals surface area contributed by atoms with Crippen molar-refractivity contribution >= 4 is 11.0 Å². The highest BCUT2D eigenvalue weighted by molar-refractivity contribution is 5.83. The molecule has 6 rings (SSSR count). The molecule has 0 atom stereocenters. The maximum absolute atomic E-state index is 13.1. The molecule has 38 heavy (non-hydrogen) atoms. The Labute approximate surface area is 217 Å². The highest BCUT2D eigenvalue weighted by atomic mass is 16.5. The number of H-pyrrole nitrogens is 2. The third-order valence-electron chi connectivity index (χ3n) is 6.30. The summed E-state index contributed by atoms with van der Waals surface area (Å²) in [6.07, 6.45) is 0. The van der Waals surface area contributed by atoms with E-state index in [9.17, 15) is 4.79 Å². The molecule has 0 spiro atoms. The van der Waals surface area contributed by atoms with Crippen LogP contribution in [0.5, 0.6) is 11.6 Å². The fourth-order valence-electron chi connectivity index (χ4n) is 4.61.